The molecule has 1 fully saturated rings. The molecule has 106 valence electrons. The van der Waals surface area contributed by atoms with Gasteiger partial charge in [-0.25, -0.2) is 0 Å². The molecule has 0 saturated heterocycles. The van der Waals surface area contributed by atoms with Crippen LogP contribution in [0.5, 0.6) is 0 Å². The Hall–Kier alpha value is -1.03. The van der Waals surface area contributed by atoms with Crippen molar-refractivity contribution < 1.29 is 4.79 Å². The Bertz CT molecular complexity index is 440. The predicted octanol–water partition coefficient (Wildman–Crippen LogP) is 2.84. The van der Waals surface area contributed by atoms with Crippen LogP contribution in [0.3, 0.4) is 0 Å². The zero-order chi connectivity index (χ0) is 13.8. The topological polar surface area (TPSA) is 38.1 Å². The molecule has 19 heavy (non-hydrogen) atoms. The Morgan fingerprint density at radius 3 is 2.84 bits per heavy atom. The van der Waals surface area contributed by atoms with Crippen molar-refractivity contribution in [3.05, 3.63) is 17.5 Å². The van der Waals surface area contributed by atoms with Gasteiger partial charge in [-0.1, -0.05) is 0 Å². The molecule has 0 spiro atoms. The number of carbonyl (C=O) groups excluding carboxylic acids is 1. The first-order valence-corrected chi connectivity index (χ1v) is 7.62. The second-order valence-corrected chi connectivity index (χ2v) is 5.49. The molecule has 0 radical (unpaired) electrons. The van der Waals surface area contributed by atoms with Gasteiger partial charge < -0.3 is 4.90 Å². The van der Waals surface area contributed by atoms with Gasteiger partial charge in [0.25, 0.3) is 5.91 Å². The average Bonchev–Trinajstić information content (AvgIpc) is 2.72. The highest BCUT2D eigenvalue weighted by Crippen LogP contribution is 2.26. The van der Waals surface area contributed by atoms with Crippen molar-refractivity contribution in [2.24, 2.45) is 0 Å². The van der Waals surface area contributed by atoms with Crippen molar-refractivity contribution in [1.82, 2.24) is 14.7 Å². The van der Waals surface area contributed by atoms with Crippen LogP contribution in [0.25, 0.3) is 0 Å². The van der Waals surface area contributed by atoms with Crippen LogP contribution in [-0.2, 0) is 6.54 Å². The fourth-order valence-corrected chi connectivity index (χ4v) is 2.60. The molecule has 0 aromatic carbocycles. The third-order valence-corrected chi connectivity index (χ3v) is 4.00. The first-order valence-electron chi connectivity index (χ1n) is 7.08. The summed E-state index contributed by atoms with van der Waals surface area (Å²) in [5.41, 5.74) is 1.61. The molecule has 5 heteroatoms. The van der Waals surface area contributed by atoms with Crippen LogP contribution < -0.4 is 0 Å². The average molecular weight is 284 g/mol. The largest absolute Gasteiger partial charge is 0.334 e. The Labute approximate surface area is 119 Å². The SMILES string of the molecule is CCn1nc(C)cc1C(=O)N(CCCCl)C1CCC1. The standard InChI is InChI=1S/C14H22ClN3O/c1-3-18-13(10-11(2)16-18)14(19)17(9-5-8-15)12-6-4-7-12/h10,12H,3-9H2,1-2H3. The summed E-state index contributed by atoms with van der Waals surface area (Å²) in [5.74, 6) is 0.708. The van der Waals surface area contributed by atoms with Gasteiger partial charge in [0.05, 0.1) is 5.69 Å². The van der Waals surface area contributed by atoms with Gasteiger partial charge in [0.1, 0.15) is 5.69 Å². The van der Waals surface area contributed by atoms with Crippen molar-refractivity contribution in [1.29, 1.82) is 0 Å². The van der Waals surface area contributed by atoms with E-state index in [9.17, 15) is 4.79 Å². The van der Waals surface area contributed by atoms with Crippen molar-refractivity contribution >= 4 is 17.5 Å². The Morgan fingerprint density at radius 1 is 1.58 bits per heavy atom. The summed E-state index contributed by atoms with van der Waals surface area (Å²) in [6.07, 6.45) is 4.31. The van der Waals surface area contributed by atoms with Gasteiger partial charge in [-0.3, -0.25) is 9.48 Å². The highest BCUT2D eigenvalue weighted by molar-refractivity contribution is 6.17. The maximum atomic E-state index is 12.7. The zero-order valence-electron chi connectivity index (χ0n) is 11.7. The fourth-order valence-electron chi connectivity index (χ4n) is 2.48. The van der Waals surface area contributed by atoms with E-state index in [-0.39, 0.29) is 5.91 Å². The number of amides is 1. The molecule has 2 rings (SSSR count). The Balaban J connectivity index is 2.17. The maximum absolute atomic E-state index is 12.7. The molecular weight excluding hydrogens is 262 g/mol. The smallest absolute Gasteiger partial charge is 0.272 e. The number of nitrogens with zero attached hydrogens (tertiary/aromatic N) is 3. The number of hydrogen-bond acceptors (Lipinski definition) is 2. The highest BCUT2D eigenvalue weighted by atomic mass is 35.5. The van der Waals surface area contributed by atoms with E-state index in [4.69, 9.17) is 11.6 Å². The van der Waals surface area contributed by atoms with Crippen LogP contribution in [0.15, 0.2) is 6.07 Å². The van der Waals surface area contributed by atoms with Crippen LogP contribution in [0, 0.1) is 6.92 Å². The molecule has 1 aliphatic carbocycles. The zero-order valence-corrected chi connectivity index (χ0v) is 12.5. The molecule has 1 aromatic heterocycles. The second kappa shape index (κ2) is 6.42. The molecule has 1 aromatic rings. The minimum atomic E-state index is 0.109. The summed E-state index contributed by atoms with van der Waals surface area (Å²) >= 11 is 5.77. The minimum absolute atomic E-state index is 0.109. The van der Waals surface area contributed by atoms with E-state index in [0.29, 0.717) is 17.6 Å². The summed E-state index contributed by atoms with van der Waals surface area (Å²) in [6, 6.07) is 2.29. The van der Waals surface area contributed by atoms with Gasteiger partial charge in [0, 0.05) is 25.0 Å². The van der Waals surface area contributed by atoms with Crippen LogP contribution in [0.4, 0.5) is 0 Å². The molecule has 0 N–H and O–H groups in total. The monoisotopic (exact) mass is 283 g/mol. The van der Waals surface area contributed by atoms with Crippen molar-refractivity contribution in [3.63, 3.8) is 0 Å². The molecule has 1 amide bonds. The van der Waals surface area contributed by atoms with Gasteiger partial charge in [0.2, 0.25) is 0 Å². The lowest BCUT2D eigenvalue weighted by atomic mass is 9.91. The molecule has 0 unspecified atom stereocenters. The number of hydrogen-bond donors (Lipinski definition) is 0. The minimum Gasteiger partial charge on any atom is -0.334 e. The summed E-state index contributed by atoms with van der Waals surface area (Å²) in [6.45, 7) is 5.41. The molecule has 1 saturated carbocycles. The first-order chi connectivity index (χ1) is 9.17. The molecule has 0 atom stereocenters. The van der Waals surface area contributed by atoms with Gasteiger partial charge in [0.15, 0.2) is 0 Å². The van der Waals surface area contributed by atoms with Crippen LogP contribution in [-0.4, -0.2) is 39.1 Å². The third-order valence-electron chi connectivity index (χ3n) is 3.73. The number of aromatic nitrogens is 2. The maximum Gasteiger partial charge on any atom is 0.272 e. The summed E-state index contributed by atoms with van der Waals surface area (Å²) in [4.78, 5) is 14.7. The van der Waals surface area contributed by atoms with E-state index in [1.54, 1.807) is 4.68 Å². The summed E-state index contributed by atoms with van der Waals surface area (Å²) in [5, 5.41) is 4.36. The predicted molar refractivity (Wildman–Crippen MR) is 76.7 cm³/mol. The normalized spacial score (nSPS) is 15.3. The van der Waals surface area contributed by atoms with Crippen LogP contribution in [0.1, 0.15) is 48.8 Å². The molecule has 4 nitrogen and oxygen atoms in total. The van der Waals surface area contributed by atoms with E-state index in [1.165, 1.54) is 6.42 Å². The van der Waals surface area contributed by atoms with Crippen LogP contribution in [0.2, 0.25) is 0 Å². The first kappa shape index (κ1) is 14.4. The third kappa shape index (κ3) is 3.11. The number of alkyl halides is 1. The van der Waals surface area contributed by atoms with E-state index in [2.05, 4.69) is 5.10 Å². The number of halogens is 1. The lowest BCUT2D eigenvalue weighted by Crippen LogP contribution is -2.45. The Kier molecular flexibility index (Phi) is 4.86. The Morgan fingerprint density at radius 2 is 2.32 bits per heavy atom. The van der Waals surface area contributed by atoms with E-state index in [1.807, 2.05) is 24.8 Å². The van der Waals surface area contributed by atoms with E-state index in [0.717, 1.165) is 38.0 Å². The van der Waals surface area contributed by atoms with Crippen molar-refractivity contribution in [2.75, 3.05) is 12.4 Å². The van der Waals surface area contributed by atoms with Gasteiger partial charge in [-0.05, 0) is 45.6 Å². The van der Waals surface area contributed by atoms with Crippen molar-refractivity contribution in [2.45, 2.75) is 52.1 Å². The van der Waals surface area contributed by atoms with Gasteiger partial charge >= 0.3 is 0 Å². The summed E-state index contributed by atoms with van der Waals surface area (Å²) in [7, 11) is 0. The van der Waals surface area contributed by atoms with Crippen molar-refractivity contribution in [3.8, 4) is 0 Å². The van der Waals surface area contributed by atoms with E-state index >= 15 is 0 Å². The summed E-state index contributed by atoms with van der Waals surface area (Å²) < 4.78 is 1.80. The molecule has 0 bridgehead atoms. The molecular formula is C14H22ClN3O. The quantitative estimate of drug-likeness (QED) is 0.753. The highest BCUT2D eigenvalue weighted by Gasteiger charge is 2.30. The number of aryl methyl sites for hydroxylation is 2. The number of rotatable bonds is 6. The molecule has 0 aliphatic heterocycles. The molecule has 1 aliphatic rings. The molecule has 1 heterocycles. The fraction of sp³-hybridized carbons (Fsp3) is 0.714. The number of carbonyl (C=O) groups is 1. The van der Waals surface area contributed by atoms with Gasteiger partial charge in [-0.15, -0.1) is 11.6 Å². The van der Waals surface area contributed by atoms with Crippen LogP contribution >= 0.6 is 11.6 Å². The second-order valence-electron chi connectivity index (χ2n) is 5.11. The lowest BCUT2D eigenvalue weighted by Gasteiger charge is -2.37. The van der Waals surface area contributed by atoms with E-state index < -0.39 is 0 Å². The lowest BCUT2D eigenvalue weighted by molar-refractivity contribution is 0.0568. The van der Waals surface area contributed by atoms with Gasteiger partial charge in [-0.2, -0.15) is 5.10 Å².